The summed E-state index contributed by atoms with van der Waals surface area (Å²) in [6.45, 7) is 8.66. The van der Waals surface area contributed by atoms with Gasteiger partial charge in [-0.25, -0.2) is 9.59 Å². The van der Waals surface area contributed by atoms with Gasteiger partial charge in [-0.05, 0) is 56.2 Å². The minimum atomic E-state index is -0.606. The predicted octanol–water partition coefficient (Wildman–Crippen LogP) is 3.93. The van der Waals surface area contributed by atoms with E-state index in [0.29, 0.717) is 54.6 Å². The number of rotatable bonds is 6. The number of nitrogens with one attached hydrogen (secondary N) is 1. The van der Waals surface area contributed by atoms with Crippen LogP contribution in [0.5, 0.6) is 0 Å². The van der Waals surface area contributed by atoms with E-state index in [-0.39, 0.29) is 18.5 Å². The van der Waals surface area contributed by atoms with Crippen molar-refractivity contribution in [2.45, 2.75) is 26.8 Å². The largest absolute Gasteiger partial charge is 0.463 e. The van der Waals surface area contributed by atoms with Crippen molar-refractivity contribution in [1.29, 1.82) is 0 Å². The van der Waals surface area contributed by atoms with Crippen molar-refractivity contribution >= 4 is 29.5 Å². The molecule has 0 bridgehead atoms. The first-order valence-corrected chi connectivity index (χ1v) is 12.9. The van der Waals surface area contributed by atoms with Gasteiger partial charge < -0.3 is 15.0 Å². The maximum absolute atomic E-state index is 13.3. The Bertz CT molecular complexity index is 1220. The van der Waals surface area contributed by atoms with Gasteiger partial charge in [-0.1, -0.05) is 35.4 Å². The van der Waals surface area contributed by atoms with Crippen molar-refractivity contribution in [3.05, 3.63) is 81.0 Å². The Morgan fingerprint density at radius 1 is 1.05 bits per heavy atom. The fourth-order valence-electron chi connectivity index (χ4n) is 4.80. The zero-order valence-corrected chi connectivity index (χ0v) is 22.5. The molecular formula is C28H33ClN4O4. The van der Waals surface area contributed by atoms with Crippen molar-refractivity contribution in [2.75, 3.05) is 46.4 Å². The highest BCUT2D eigenvalue weighted by Crippen LogP contribution is 2.33. The van der Waals surface area contributed by atoms with Gasteiger partial charge in [0.25, 0.3) is 5.91 Å². The number of halogens is 1. The maximum atomic E-state index is 13.3. The molecule has 3 amide bonds. The quantitative estimate of drug-likeness (QED) is 0.579. The van der Waals surface area contributed by atoms with E-state index >= 15 is 0 Å². The van der Waals surface area contributed by atoms with E-state index in [9.17, 15) is 14.4 Å². The number of aryl methyl sites for hydroxylation is 2. The zero-order chi connectivity index (χ0) is 26.7. The van der Waals surface area contributed by atoms with Crippen LogP contribution in [-0.4, -0.2) is 79.0 Å². The molecule has 2 heterocycles. The van der Waals surface area contributed by atoms with Crippen molar-refractivity contribution in [2.24, 2.45) is 0 Å². The molecule has 0 saturated carbocycles. The van der Waals surface area contributed by atoms with Crippen LogP contribution < -0.4 is 5.32 Å². The van der Waals surface area contributed by atoms with Crippen molar-refractivity contribution in [1.82, 2.24) is 20.0 Å². The third kappa shape index (κ3) is 5.81. The van der Waals surface area contributed by atoms with Gasteiger partial charge in [0.1, 0.15) is 0 Å². The Kier molecular flexibility index (Phi) is 8.19. The van der Waals surface area contributed by atoms with E-state index in [4.69, 9.17) is 16.3 Å². The van der Waals surface area contributed by atoms with Gasteiger partial charge in [0.2, 0.25) is 0 Å². The second-order valence-corrected chi connectivity index (χ2v) is 9.89. The van der Waals surface area contributed by atoms with E-state index in [1.807, 2.05) is 36.9 Å². The minimum Gasteiger partial charge on any atom is -0.463 e. The monoisotopic (exact) mass is 524 g/mol. The Morgan fingerprint density at radius 3 is 2.38 bits per heavy atom. The van der Waals surface area contributed by atoms with E-state index in [1.54, 1.807) is 38.2 Å². The molecule has 2 aromatic rings. The highest BCUT2D eigenvalue weighted by Gasteiger charge is 2.38. The molecule has 8 nitrogen and oxygen atoms in total. The van der Waals surface area contributed by atoms with Crippen LogP contribution in [0.2, 0.25) is 5.02 Å². The fourth-order valence-corrected chi connectivity index (χ4v) is 4.92. The molecule has 2 aliphatic heterocycles. The number of hydrogen-bond acceptors (Lipinski definition) is 5. The summed E-state index contributed by atoms with van der Waals surface area (Å²) in [5, 5.41) is 3.59. The van der Waals surface area contributed by atoms with Crippen LogP contribution in [0, 0.1) is 13.8 Å². The Balaban J connectivity index is 1.59. The van der Waals surface area contributed by atoms with Crippen LogP contribution >= 0.6 is 11.6 Å². The number of piperazine rings is 1. The summed E-state index contributed by atoms with van der Waals surface area (Å²) < 4.78 is 5.46. The van der Waals surface area contributed by atoms with E-state index in [2.05, 4.69) is 10.2 Å². The molecule has 4 rings (SSSR count). The molecule has 0 radical (unpaired) electrons. The number of carbonyl (C=O) groups is 3. The topological polar surface area (TPSA) is 82.2 Å². The van der Waals surface area contributed by atoms with Crippen LogP contribution in [0.25, 0.3) is 0 Å². The molecule has 9 heteroatoms. The van der Waals surface area contributed by atoms with Gasteiger partial charge >= 0.3 is 12.0 Å². The second kappa shape index (κ2) is 11.4. The summed E-state index contributed by atoms with van der Waals surface area (Å²) in [5.74, 6) is -0.473. The van der Waals surface area contributed by atoms with E-state index < -0.39 is 12.0 Å². The minimum absolute atomic E-state index is 0.0353. The third-order valence-corrected chi connectivity index (χ3v) is 7.19. The molecule has 196 valence electrons. The summed E-state index contributed by atoms with van der Waals surface area (Å²) in [7, 11) is 1.67. The maximum Gasteiger partial charge on any atom is 0.338 e. The number of amides is 3. The highest BCUT2D eigenvalue weighted by molar-refractivity contribution is 6.30. The highest BCUT2D eigenvalue weighted by atomic mass is 35.5. The van der Waals surface area contributed by atoms with Crippen LogP contribution in [-0.2, 0) is 9.53 Å². The molecule has 1 N–H and O–H groups in total. The first-order chi connectivity index (χ1) is 17.7. The lowest BCUT2D eigenvalue weighted by atomic mass is 9.90. The molecule has 0 spiro atoms. The number of urea groups is 1. The first-order valence-electron chi connectivity index (χ1n) is 12.5. The van der Waals surface area contributed by atoms with Crippen molar-refractivity contribution in [3.8, 4) is 0 Å². The average Bonchev–Trinajstić information content (AvgIpc) is 2.88. The van der Waals surface area contributed by atoms with E-state index in [0.717, 1.165) is 16.7 Å². The molecule has 1 fully saturated rings. The summed E-state index contributed by atoms with van der Waals surface area (Å²) in [6, 6.07) is 12.0. The number of nitrogens with zero attached hydrogens (tertiary/aromatic N) is 3. The number of esters is 1. The number of likely N-dealkylation sites (N-methyl/N-ethyl adjacent to an activating group) is 1. The number of benzene rings is 2. The first kappa shape index (κ1) is 26.7. The van der Waals surface area contributed by atoms with Gasteiger partial charge in [-0.15, -0.1) is 0 Å². The molecule has 1 saturated heterocycles. The summed E-state index contributed by atoms with van der Waals surface area (Å²) >= 11 is 5.95. The molecule has 1 unspecified atom stereocenters. The number of ether oxygens (including phenoxy) is 1. The fraction of sp³-hybridized carbons (Fsp3) is 0.393. The van der Waals surface area contributed by atoms with Crippen LogP contribution in [0.3, 0.4) is 0 Å². The smallest absolute Gasteiger partial charge is 0.338 e. The molecule has 0 aliphatic carbocycles. The SMILES string of the molecule is CCOC(=O)C1=C(CN2CCN(C(=O)c3ccc(Cl)cc3)CC2)N(C)C(=O)NC1c1cc(C)ccc1C. The summed E-state index contributed by atoms with van der Waals surface area (Å²) in [5.41, 5.74) is 4.56. The lowest BCUT2D eigenvalue weighted by molar-refractivity contribution is -0.139. The summed E-state index contributed by atoms with van der Waals surface area (Å²) in [4.78, 5) is 44.7. The van der Waals surface area contributed by atoms with E-state index in [1.165, 1.54) is 4.90 Å². The van der Waals surface area contributed by atoms with Crippen LogP contribution in [0.1, 0.15) is 40.0 Å². The number of hydrogen-bond donors (Lipinski definition) is 1. The van der Waals surface area contributed by atoms with Crippen molar-refractivity contribution in [3.63, 3.8) is 0 Å². The van der Waals surface area contributed by atoms with Crippen LogP contribution in [0.4, 0.5) is 4.79 Å². The molecule has 1 atom stereocenters. The second-order valence-electron chi connectivity index (χ2n) is 9.46. The molecule has 2 aliphatic rings. The predicted molar refractivity (Wildman–Crippen MR) is 142 cm³/mol. The van der Waals surface area contributed by atoms with Gasteiger partial charge in [0.15, 0.2) is 0 Å². The lowest BCUT2D eigenvalue weighted by Crippen LogP contribution is -2.53. The Morgan fingerprint density at radius 2 is 1.73 bits per heavy atom. The number of carbonyl (C=O) groups excluding carboxylic acids is 3. The van der Waals surface area contributed by atoms with Gasteiger partial charge in [0, 0.05) is 56.1 Å². The molecule has 2 aromatic carbocycles. The Hall–Kier alpha value is -3.36. The normalized spacial score (nSPS) is 18.6. The standard InChI is InChI=1S/C28H33ClN4O4/c1-5-37-27(35)24-23(31(4)28(36)30-25(24)22-16-18(2)6-7-19(22)3)17-32-12-14-33(15-13-32)26(34)20-8-10-21(29)11-9-20/h6-11,16,25H,5,12-15,17H2,1-4H3,(H,30,36). The van der Waals surface area contributed by atoms with Crippen molar-refractivity contribution < 1.29 is 19.1 Å². The summed E-state index contributed by atoms with van der Waals surface area (Å²) in [6.07, 6.45) is 0. The average molecular weight is 525 g/mol. The lowest BCUT2D eigenvalue weighted by Gasteiger charge is -2.39. The molecular weight excluding hydrogens is 492 g/mol. The van der Waals surface area contributed by atoms with Gasteiger partial charge in [-0.3, -0.25) is 14.6 Å². The Labute approximate surface area is 222 Å². The zero-order valence-electron chi connectivity index (χ0n) is 21.7. The van der Waals surface area contributed by atoms with Crippen LogP contribution in [0.15, 0.2) is 53.7 Å². The third-order valence-electron chi connectivity index (χ3n) is 6.94. The van der Waals surface area contributed by atoms with Gasteiger partial charge in [-0.2, -0.15) is 0 Å². The molecule has 0 aromatic heterocycles. The molecule has 37 heavy (non-hydrogen) atoms. The van der Waals surface area contributed by atoms with Gasteiger partial charge in [0.05, 0.1) is 18.2 Å².